The zero-order valence-electron chi connectivity index (χ0n) is 11.0. The van der Waals surface area contributed by atoms with Gasteiger partial charge in [-0.25, -0.2) is 4.79 Å². The molecular weight excluding hydrogens is 320 g/mol. The molecule has 0 heterocycles. The molecule has 0 aromatic heterocycles. The Kier molecular flexibility index (Phi) is 4.29. The Morgan fingerprint density at radius 1 is 1.25 bits per heavy atom. The molecule has 3 N–H and O–H groups in total. The van der Waals surface area contributed by atoms with E-state index in [1.807, 2.05) is 42.3 Å². The smallest absolute Gasteiger partial charge is 0.335 e. The van der Waals surface area contributed by atoms with Crippen LogP contribution in [0.4, 0.5) is 11.4 Å². The highest BCUT2D eigenvalue weighted by molar-refractivity contribution is 9.10. The number of aromatic carboxylic acids is 1. The second kappa shape index (κ2) is 5.96. The molecule has 0 amide bonds. The molecule has 0 atom stereocenters. The molecular formula is C15H15BrN2O2. The van der Waals surface area contributed by atoms with Crippen molar-refractivity contribution in [3.63, 3.8) is 0 Å². The average molecular weight is 335 g/mol. The molecule has 2 aromatic rings. The summed E-state index contributed by atoms with van der Waals surface area (Å²) < 4.78 is 0.943. The van der Waals surface area contributed by atoms with E-state index in [4.69, 9.17) is 10.8 Å². The molecule has 0 aliphatic carbocycles. The summed E-state index contributed by atoms with van der Waals surface area (Å²) >= 11 is 3.38. The van der Waals surface area contributed by atoms with E-state index in [2.05, 4.69) is 15.9 Å². The molecule has 0 radical (unpaired) electrons. The van der Waals surface area contributed by atoms with E-state index in [0.29, 0.717) is 17.8 Å². The largest absolute Gasteiger partial charge is 0.478 e. The van der Waals surface area contributed by atoms with Crippen molar-refractivity contribution in [1.29, 1.82) is 0 Å². The maximum atomic E-state index is 10.8. The fourth-order valence-corrected chi connectivity index (χ4v) is 2.36. The van der Waals surface area contributed by atoms with Crippen LogP contribution in [0.2, 0.25) is 0 Å². The van der Waals surface area contributed by atoms with Crippen LogP contribution < -0.4 is 10.6 Å². The van der Waals surface area contributed by atoms with Gasteiger partial charge in [0.2, 0.25) is 0 Å². The molecule has 0 fully saturated rings. The lowest BCUT2D eigenvalue weighted by Crippen LogP contribution is -2.17. The highest BCUT2D eigenvalue weighted by atomic mass is 79.9. The van der Waals surface area contributed by atoms with Gasteiger partial charge in [0, 0.05) is 18.1 Å². The molecule has 5 heteroatoms. The molecule has 2 aromatic carbocycles. The number of hydrogen-bond acceptors (Lipinski definition) is 3. The van der Waals surface area contributed by atoms with E-state index < -0.39 is 5.97 Å². The molecule has 20 heavy (non-hydrogen) atoms. The molecule has 0 spiro atoms. The Balaban J connectivity index is 2.14. The van der Waals surface area contributed by atoms with Gasteiger partial charge in [0.05, 0.1) is 16.9 Å². The first kappa shape index (κ1) is 14.4. The molecule has 104 valence electrons. The van der Waals surface area contributed by atoms with Crippen molar-refractivity contribution in [1.82, 2.24) is 0 Å². The third-order valence-corrected chi connectivity index (χ3v) is 3.51. The Hall–Kier alpha value is -2.01. The van der Waals surface area contributed by atoms with Crippen LogP contribution in [0.1, 0.15) is 15.9 Å². The number of carboxylic acid groups (broad SMARTS) is 1. The van der Waals surface area contributed by atoms with Crippen LogP contribution in [0.25, 0.3) is 0 Å². The molecule has 0 aliphatic rings. The average Bonchev–Trinajstić information content (AvgIpc) is 2.39. The number of nitrogens with zero attached hydrogens (tertiary/aromatic N) is 1. The van der Waals surface area contributed by atoms with Gasteiger partial charge >= 0.3 is 5.97 Å². The minimum absolute atomic E-state index is 0.291. The summed E-state index contributed by atoms with van der Waals surface area (Å²) in [6.07, 6.45) is 0. The van der Waals surface area contributed by atoms with Gasteiger partial charge in [0.25, 0.3) is 0 Å². The van der Waals surface area contributed by atoms with Gasteiger partial charge in [-0.3, -0.25) is 0 Å². The fraction of sp³-hybridized carbons (Fsp3) is 0.133. The third kappa shape index (κ3) is 3.30. The minimum atomic E-state index is -0.915. The van der Waals surface area contributed by atoms with E-state index in [9.17, 15) is 4.79 Å². The molecule has 0 bridgehead atoms. The van der Waals surface area contributed by atoms with Gasteiger partial charge in [-0.15, -0.1) is 0 Å². The first-order valence-corrected chi connectivity index (χ1v) is 6.85. The predicted molar refractivity (Wildman–Crippen MR) is 84.1 cm³/mol. The SMILES string of the molecule is CN(Cc1ccc(C(=O)O)cc1)c1ccc(Br)cc1N. The number of hydrogen-bond donors (Lipinski definition) is 2. The molecule has 0 unspecified atom stereocenters. The highest BCUT2D eigenvalue weighted by Gasteiger charge is 2.07. The number of nitrogens with two attached hydrogens (primary N) is 1. The summed E-state index contributed by atoms with van der Waals surface area (Å²) in [5.74, 6) is -0.915. The fourth-order valence-electron chi connectivity index (χ4n) is 1.98. The lowest BCUT2D eigenvalue weighted by Gasteiger charge is -2.21. The van der Waals surface area contributed by atoms with Crippen molar-refractivity contribution < 1.29 is 9.90 Å². The topological polar surface area (TPSA) is 66.6 Å². The van der Waals surface area contributed by atoms with Crippen molar-refractivity contribution >= 4 is 33.3 Å². The van der Waals surface area contributed by atoms with Crippen LogP contribution in [-0.4, -0.2) is 18.1 Å². The van der Waals surface area contributed by atoms with Gasteiger partial charge in [0.15, 0.2) is 0 Å². The number of nitrogen functional groups attached to an aromatic ring is 1. The number of carbonyl (C=O) groups is 1. The number of rotatable bonds is 4. The zero-order valence-corrected chi connectivity index (χ0v) is 12.6. The summed E-state index contributed by atoms with van der Waals surface area (Å²) in [5.41, 5.74) is 8.95. The van der Waals surface area contributed by atoms with Crippen LogP contribution in [0.15, 0.2) is 46.9 Å². The number of anilines is 2. The second-order valence-corrected chi connectivity index (χ2v) is 5.48. The summed E-state index contributed by atoms with van der Waals surface area (Å²) in [7, 11) is 1.95. The molecule has 0 saturated heterocycles. The van der Waals surface area contributed by atoms with Gasteiger partial charge < -0.3 is 15.7 Å². The Morgan fingerprint density at radius 3 is 2.45 bits per heavy atom. The number of benzene rings is 2. The molecule has 0 aliphatic heterocycles. The molecule has 0 saturated carbocycles. The lowest BCUT2D eigenvalue weighted by atomic mass is 10.1. The van der Waals surface area contributed by atoms with E-state index in [1.165, 1.54) is 0 Å². The standard InChI is InChI=1S/C15H15BrN2O2/c1-18(14-7-6-12(16)8-13(14)17)9-10-2-4-11(5-3-10)15(19)20/h2-8H,9,17H2,1H3,(H,19,20). The maximum absolute atomic E-state index is 10.8. The van der Waals surface area contributed by atoms with E-state index in [1.54, 1.807) is 12.1 Å². The van der Waals surface area contributed by atoms with E-state index in [-0.39, 0.29) is 0 Å². The maximum Gasteiger partial charge on any atom is 0.335 e. The first-order chi connectivity index (χ1) is 9.47. The molecule has 4 nitrogen and oxygen atoms in total. The van der Waals surface area contributed by atoms with Crippen LogP contribution in [-0.2, 0) is 6.54 Å². The summed E-state index contributed by atoms with van der Waals surface area (Å²) in [6.45, 7) is 0.658. The quantitative estimate of drug-likeness (QED) is 0.841. The van der Waals surface area contributed by atoms with Gasteiger partial charge in [-0.05, 0) is 35.9 Å². The van der Waals surface area contributed by atoms with Crippen molar-refractivity contribution in [2.75, 3.05) is 17.7 Å². The first-order valence-electron chi connectivity index (χ1n) is 6.06. The van der Waals surface area contributed by atoms with Crippen molar-refractivity contribution in [2.24, 2.45) is 0 Å². The Labute approximate surface area is 126 Å². The zero-order chi connectivity index (χ0) is 14.7. The van der Waals surface area contributed by atoms with Crippen molar-refractivity contribution in [3.05, 3.63) is 58.1 Å². The van der Waals surface area contributed by atoms with Crippen LogP contribution in [0, 0.1) is 0 Å². The normalized spacial score (nSPS) is 10.3. The third-order valence-electron chi connectivity index (χ3n) is 3.02. The predicted octanol–water partition coefficient (Wildman–Crippen LogP) is 3.37. The summed E-state index contributed by atoms with van der Waals surface area (Å²) in [4.78, 5) is 12.8. The van der Waals surface area contributed by atoms with Crippen LogP contribution in [0.5, 0.6) is 0 Å². The molecule has 2 rings (SSSR count). The number of carboxylic acids is 1. The van der Waals surface area contributed by atoms with Crippen LogP contribution >= 0.6 is 15.9 Å². The van der Waals surface area contributed by atoms with Gasteiger partial charge in [0.1, 0.15) is 0 Å². The lowest BCUT2D eigenvalue weighted by molar-refractivity contribution is 0.0697. The monoisotopic (exact) mass is 334 g/mol. The van der Waals surface area contributed by atoms with Crippen molar-refractivity contribution in [2.45, 2.75) is 6.54 Å². The second-order valence-electron chi connectivity index (χ2n) is 4.56. The summed E-state index contributed by atoms with van der Waals surface area (Å²) in [5, 5.41) is 8.87. The Morgan fingerprint density at radius 2 is 1.90 bits per heavy atom. The number of halogens is 1. The highest BCUT2D eigenvalue weighted by Crippen LogP contribution is 2.26. The minimum Gasteiger partial charge on any atom is -0.478 e. The van der Waals surface area contributed by atoms with E-state index in [0.717, 1.165) is 15.7 Å². The van der Waals surface area contributed by atoms with Gasteiger partial charge in [-0.1, -0.05) is 28.1 Å². The van der Waals surface area contributed by atoms with Crippen LogP contribution in [0.3, 0.4) is 0 Å². The van der Waals surface area contributed by atoms with Gasteiger partial charge in [-0.2, -0.15) is 0 Å². The summed E-state index contributed by atoms with van der Waals surface area (Å²) in [6, 6.07) is 12.6. The Bertz CT molecular complexity index is 626. The van der Waals surface area contributed by atoms with E-state index >= 15 is 0 Å². The van der Waals surface area contributed by atoms with Crippen molar-refractivity contribution in [3.8, 4) is 0 Å².